The van der Waals surface area contributed by atoms with E-state index in [2.05, 4.69) is 10.1 Å². The molecule has 1 aromatic rings. The van der Waals surface area contributed by atoms with Crippen molar-refractivity contribution in [1.82, 2.24) is 5.32 Å². The van der Waals surface area contributed by atoms with Crippen LogP contribution in [0.15, 0.2) is 12.1 Å². The first-order chi connectivity index (χ1) is 8.45. The molecule has 0 aromatic heterocycles. The van der Waals surface area contributed by atoms with Gasteiger partial charge in [-0.05, 0) is 6.07 Å². The molecule has 0 aliphatic rings. The molecule has 5 nitrogen and oxygen atoms in total. The first kappa shape index (κ1) is 13.9. The van der Waals surface area contributed by atoms with Gasteiger partial charge in [-0.15, -0.1) is 0 Å². The number of ether oxygens (including phenoxy) is 1. The van der Waals surface area contributed by atoms with Crippen LogP contribution in [0.4, 0.5) is 14.5 Å². The molecule has 0 radical (unpaired) electrons. The van der Waals surface area contributed by atoms with Crippen molar-refractivity contribution in [2.24, 2.45) is 0 Å². The number of rotatable bonds is 4. The van der Waals surface area contributed by atoms with Gasteiger partial charge in [0, 0.05) is 18.3 Å². The van der Waals surface area contributed by atoms with Crippen molar-refractivity contribution in [3.63, 3.8) is 0 Å². The lowest BCUT2D eigenvalue weighted by Crippen LogP contribution is -2.27. The molecule has 0 saturated carbocycles. The van der Waals surface area contributed by atoms with Gasteiger partial charge in [-0.2, -0.15) is 0 Å². The van der Waals surface area contributed by atoms with Crippen LogP contribution >= 0.6 is 0 Å². The highest BCUT2D eigenvalue weighted by Gasteiger charge is 2.14. The van der Waals surface area contributed by atoms with Crippen molar-refractivity contribution in [3.05, 3.63) is 29.3 Å². The van der Waals surface area contributed by atoms with E-state index < -0.39 is 23.5 Å². The highest BCUT2D eigenvalue weighted by Crippen LogP contribution is 2.16. The summed E-state index contributed by atoms with van der Waals surface area (Å²) in [6.45, 7) is 0.0178. The highest BCUT2D eigenvalue weighted by molar-refractivity contribution is 5.99. The summed E-state index contributed by atoms with van der Waals surface area (Å²) in [5.74, 6) is -3.47. The Labute approximate surface area is 102 Å². The van der Waals surface area contributed by atoms with Gasteiger partial charge >= 0.3 is 5.97 Å². The summed E-state index contributed by atoms with van der Waals surface area (Å²) in [4.78, 5) is 22.4. The van der Waals surface area contributed by atoms with Crippen molar-refractivity contribution < 1.29 is 23.1 Å². The number of benzene rings is 1. The van der Waals surface area contributed by atoms with E-state index in [9.17, 15) is 18.4 Å². The number of nitrogen functional groups attached to an aromatic ring is 1. The van der Waals surface area contributed by atoms with Gasteiger partial charge in [0.15, 0.2) is 11.6 Å². The molecule has 0 aliphatic heterocycles. The second-order valence-electron chi connectivity index (χ2n) is 3.44. The molecule has 0 spiro atoms. The summed E-state index contributed by atoms with van der Waals surface area (Å²) in [5, 5.41) is 2.34. The molecule has 98 valence electrons. The molecule has 0 unspecified atom stereocenters. The number of carbonyl (C=O) groups is 2. The monoisotopic (exact) mass is 258 g/mol. The topological polar surface area (TPSA) is 81.4 Å². The van der Waals surface area contributed by atoms with Crippen LogP contribution in [0.5, 0.6) is 0 Å². The number of nitrogens with two attached hydrogens (primary N) is 1. The Balaban J connectivity index is 2.67. The normalized spacial score (nSPS) is 9.94. The average Bonchev–Trinajstić information content (AvgIpc) is 2.33. The zero-order valence-corrected chi connectivity index (χ0v) is 9.63. The van der Waals surface area contributed by atoms with E-state index in [-0.39, 0.29) is 24.2 Å². The van der Waals surface area contributed by atoms with Gasteiger partial charge in [-0.25, -0.2) is 8.78 Å². The molecule has 1 amide bonds. The predicted octanol–water partition coefficient (Wildman–Crippen LogP) is 0.840. The molecule has 3 N–H and O–H groups in total. The van der Waals surface area contributed by atoms with Crippen LogP contribution in [-0.4, -0.2) is 25.5 Å². The summed E-state index contributed by atoms with van der Waals surface area (Å²) in [6.07, 6.45) is -0.0220. The van der Waals surface area contributed by atoms with E-state index in [1.807, 2.05) is 0 Å². The molecule has 1 rings (SSSR count). The van der Waals surface area contributed by atoms with Crippen molar-refractivity contribution in [2.45, 2.75) is 6.42 Å². The second-order valence-corrected chi connectivity index (χ2v) is 3.44. The molecular weight excluding hydrogens is 246 g/mol. The molecule has 0 atom stereocenters. The molecule has 7 heteroatoms. The van der Waals surface area contributed by atoms with E-state index in [0.29, 0.717) is 6.07 Å². The van der Waals surface area contributed by atoms with E-state index in [0.717, 1.165) is 6.07 Å². The van der Waals surface area contributed by atoms with E-state index in [1.54, 1.807) is 0 Å². The van der Waals surface area contributed by atoms with Crippen LogP contribution in [-0.2, 0) is 9.53 Å². The Morgan fingerprint density at radius 1 is 1.33 bits per heavy atom. The van der Waals surface area contributed by atoms with Crippen molar-refractivity contribution in [3.8, 4) is 0 Å². The first-order valence-electron chi connectivity index (χ1n) is 5.05. The molecule has 18 heavy (non-hydrogen) atoms. The number of halogens is 2. The van der Waals surface area contributed by atoms with E-state index in [4.69, 9.17) is 5.73 Å². The molecule has 0 saturated heterocycles. The van der Waals surface area contributed by atoms with E-state index >= 15 is 0 Å². The lowest BCUT2D eigenvalue weighted by Gasteiger charge is -2.07. The third-order valence-corrected chi connectivity index (χ3v) is 2.18. The van der Waals surface area contributed by atoms with Crippen LogP contribution < -0.4 is 11.1 Å². The zero-order valence-electron chi connectivity index (χ0n) is 9.63. The number of hydrogen-bond donors (Lipinski definition) is 2. The maximum absolute atomic E-state index is 12.9. The summed E-state index contributed by atoms with van der Waals surface area (Å²) in [7, 11) is 1.22. The quantitative estimate of drug-likeness (QED) is 0.619. The third kappa shape index (κ3) is 3.41. The highest BCUT2D eigenvalue weighted by atomic mass is 19.2. The third-order valence-electron chi connectivity index (χ3n) is 2.18. The maximum atomic E-state index is 12.9. The SMILES string of the molecule is COC(=O)CCNC(=O)c1cc(F)c(F)cc1N. The number of methoxy groups -OCH3 is 1. The molecule has 0 heterocycles. The van der Waals surface area contributed by atoms with Gasteiger partial charge in [-0.3, -0.25) is 9.59 Å². The minimum Gasteiger partial charge on any atom is -0.469 e. The minimum absolute atomic E-state index is 0.0178. The van der Waals surface area contributed by atoms with Gasteiger partial charge < -0.3 is 15.8 Å². The standard InChI is InChI=1S/C11H12F2N2O3/c1-18-10(16)2-3-15-11(17)6-4-7(12)8(13)5-9(6)14/h4-5H,2-3,14H2,1H3,(H,15,17). The number of nitrogens with one attached hydrogen (secondary N) is 1. The van der Waals surface area contributed by atoms with Gasteiger partial charge in [0.1, 0.15) is 0 Å². The summed E-state index contributed by atoms with van der Waals surface area (Å²) >= 11 is 0. The van der Waals surface area contributed by atoms with Crippen LogP contribution in [0.25, 0.3) is 0 Å². The van der Waals surface area contributed by atoms with Crippen molar-refractivity contribution >= 4 is 17.6 Å². The number of esters is 1. The maximum Gasteiger partial charge on any atom is 0.307 e. The zero-order chi connectivity index (χ0) is 13.7. The molecule has 0 aliphatic carbocycles. The predicted molar refractivity (Wildman–Crippen MR) is 59.7 cm³/mol. The molecule has 0 bridgehead atoms. The molecule has 1 aromatic carbocycles. The van der Waals surface area contributed by atoms with Gasteiger partial charge in [0.05, 0.1) is 19.1 Å². The summed E-state index contributed by atoms with van der Waals surface area (Å²) < 4.78 is 30.1. The smallest absolute Gasteiger partial charge is 0.307 e. The van der Waals surface area contributed by atoms with Crippen LogP contribution in [0.2, 0.25) is 0 Å². The first-order valence-corrected chi connectivity index (χ1v) is 5.05. The fourth-order valence-corrected chi connectivity index (χ4v) is 1.23. The lowest BCUT2D eigenvalue weighted by molar-refractivity contribution is -0.140. The van der Waals surface area contributed by atoms with Crippen LogP contribution in [0, 0.1) is 11.6 Å². The Bertz CT molecular complexity index is 478. The fourth-order valence-electron chi connectivity index (χ4n) is 1.23. The van der Waals surface area contributed by atoms with Crippen molar-refractivity contribution in [1.29, 1.82) is 0 Å². The van der Waals surface area contributed by atoms with Crippen molar-refractivity contribution in [2.75, 3.05) is 19.4 Å². The number of carbonyl (C=O) groups excluding carboxylic acids is 2. The van der Waals surface area contributed by atoms with Crippen LogP contribution in [0.1, 0.15) is 16.8 Å². The van der Waals surface area contributed by atoms with Crippen LogP contribution in [0.3, 0.4) is 0 Å². The lowest BCUT2D eigenvalue weighted by atomic mass is 10.1. The summed E-state index contributed by atoms with van der Waals surface area (Å²) in [5.41, 5.74) is 5.03. The minimum atomic E-state index is -1.16. The largest absolute Gasteiger partial charge is 0.469 e. The fraction of sp³-hybridized carbons (Fsp3) is 0.273. The second kappa shape index (κ2) is 5.95. The molecular formula is C11H12F2N2O3. The average molecular weight is 258 g/mol. The van der Waals surface area contributed by atoms with Gasteiger partial charge in [0.25, 0.3) is 5.91 Å². The van der Waals surface area contributed by atoms with E-state index in [1.165, 1.54) is 7.11 Å². The van der Waals surface area contributed by atoms with Gasteiger partial charge in [0.2, 0.25) is 0 Å². The Kier molecular flexibility index (Phi) is 4.59. The Morgan fingerprint density at radius 2 is 1.94 bits per heavy atom. The number of anilines is 1. The number of amides is 1. The van der Waals surface area contributed by atoms with Gasteiger partial charge in [-0.1, -0.05) is 0 Å². The molecule has 0 fully saturated rings. The Hall–Kier alpha value is -2.18. The Morgan fingerprint density at radius 3 is 2.56 bits per heavy atom. The number of hydrogen-bond acceptors (Lipinski definition) is 4. The summed E-state index contributed by atoms with van der Waals surface area (Å²) in [6, 6.07) is 1.43.